The molecule has 1 saturated carbocycles. The summed E-state index contributed by atoms with van der Waals surface area (Å²) < 4.78 is 6.05. The summed E-state index contributed by atoms with van der Waals surface area (Å²) in [7, 11) is 0. The van der Waals surface area contributed by atoms with Gasteiger partial charge in [0.1, 0.15) is 0 Å². The first-order chi connectivity index (χ1) is 16.7. The molecule has 2 heterocycles. The Labute approximate surface area is 207 Å². The van der Waals surface area contributed by atoms with Gasteiger partial charge in [-0.05, 0) is 48.3 Å². The van der Waals surface area contributed by atoms with Crippen LogP contribution in [0.25, 0.3) is 0 Å². The molecule has 3 aliphatic rings. The number of esters is 1. The average molecular weight is 480 g/mol. The molecule has 8 atom stereocenters. The molecule has 0 radical (unpaired) electrons. The summed E-state index contributed by atoms with van der Waals surface area (Å²) in [6.07, 6.45) is 8.39. The van der Waals surface area contributed by atoms with E-state index in [0.29, 0.717) is 24.3 Å². The van der Waals surface area contributed by atoms with E-state index < -0.39 is 35.6 Å². The highest BCUT2D eigenvalue weighted by molar-refractivity contribution is 5.94. The Hall–Kier alpha value is -2.70. The van der Waals surface area contributed by atoms with Crippen LogP contribution in [0.4, 0.5) is 0 Å². The highest BCUT2D eigenvalue weighted by Gasteiger charge is 2.67. The summed E-state index contributed by atoms with van der Waals surface area (Å²) >= 11 is 0. The van der Waals surface area contributed by atoms with Crippen molar-refractivity contribution in [3.05, 3.63) is 72.4 Å². The zero-order chi connectivity index (χ0) is 25.2. The monoisotopic (exact) mass is 479 g/mol. The number of carbonyl (C=O) groups excluding carboxylic acids is 2. The molecule has 6 nitrogen and oxygen atoms in total. The van der Waals surface area contributed by atoms with E-state index in [-0.39, 0.29) is 17.9 Å². The maximum absolute atomic E-state index is 13.7. The van der Waals surface area contributed by atoms with Gasteiger partial charge in [-0.1, -0.05) is 75.8 Å². The molecule has 2 aliphatic heterocycles. The highest BCUT2D eigenvalue weighted by atomic mass is 16.6. The number of benzene rings is 1. The Morgan fingerprint density at radius 2 is 1.86 bits per heavy atom. The van der Waals surface area contributed by atoms with Gasteiger partial charge in [-0.2, -0.15) is 0 Å². The molecule has 1 spiro atoms. The minimum atomic E-state index is -1.57. The number of hydrogen-bond acceptors (Lipinski definition) is 5. The van der Waals surface area contributed by atoms with E-state index in [1.807, 2.05) is 49.4 Å². The molecule has 0 aromatic heterocycles. The third-order valence-corrected chi connectivity index (χ3v) is 8.04. The van der Waals surface area contributed by atoms with Gasteiger partial charge < -0.3 is 20.3 Å². The molecule has 0 bridgehead atoms. The van der Waals surface area contributed by atoms with Gasteiger partial charge in [-0.3, -0.25) is 4.79 Å². The van der Waals surface area contributed by atoms with Gasteiger partial charge in [0.15, 0.2) is 0 Å². The Morgan fingerprint density at radius 3 is 2.60 bits per heavy atom. The fourth-order valence-corrected chi connectivity index (χ4v) is 6.09. The van der Waals surface area contributed by atoms with Gasteiger partial charge in [0.2, 0.25) is 5.60 Å². The van der Waals surface area contributed by atoms with Gasteiger partial charge in [-0.25, -0.2) is 4.79 Å². The lowest BCUT2D eigenvalue weighted by Gasteiger charge is -2.49. The second kappa shape index (κ2) is 10.5. The topological polar surface area (TPSA) is 95.9 Å². The molecule has 1 saturated heterocycles. The Balaban J connectivity index is 1.78. The zero-order valence-corrected chi connectivity index (χ0v) is 20.6. The number of aliphatic hydroxyl groups excluding tert-OH is 2. The molecule has 1 aromatic rings. The van der Waals surface area contributed by atoms with Crippen molar-refractivity contribution in [1.82, 2.24) is 5.32 Å². The number of amides is 1. The van der Waals surface area contributed by atoms with Crippen molar-refractivity contribution >= 4 is 11.9 Å². The molecule has 1 aliphatic carbocycles. The molecule has 1 amide bonds. The molecular formula is C29H37NO5. The molecule has 35 heavy (non-hydrogen) atoms. The standard InChI is InChI=1S/C29H37NO5/c1-18-9-7-13-22(31)15-16-25(32)35-29-23(14-8-10-18)27(33)20(3)19(2)26(29)24(30-28(29)34)17-21-11-5-4-6-12-21/h4-6,8,11-12,14-16,18-19,22-24,26-27,31,33H,3,7,9-10,13,17H2,1-2H3,(H,30,34)/t18-,19+,22-,23+,24+,26-,27-,29+/m0/s1. The van der Waals surface area contributed by atoms with Gasteiger partial charge in [-0.15, -0.1) is 0 Å². The lowest BCUT2D eigenvalue weighted by molar-refractivity contribution is -0.182. The predicted octanol–water partition coefficient (Wildman–Crippen LogP) is 3.49. The van der Waals surface area contributed by atoms with Crippen LogP contribution in [0.5, 0.6) is 0 Å². The number of hydrogen-bond donors (Lipinski definition) is 3. The van der Waals surface area contributed by atoms with E-state index in [1.165, 1.54) is 12.2 Å². The molecule has 0 unspecified atom stereocenters. The van der Waals surface area contributed by atoms with E-state index in [2.05, 4.69) is 18.8 Å². The normalized spacial score (nSPS) is 38.2. The van der Waals surface area contributed by atoms with Crippen LogP contribution in [-0.4, -0.2) is 45.9 Å². The van der Waals surface area contributed by atoms with Crippen molar-refractivity contribution in [3.63, 3.8) is 0 Å². The van der Waals surface area contributed by atoms with E-state index in [0.717, 1.165) is 24.8 Å². The van der Waals surface area contributed by atoms with Crippen molar-refractivity contribution in [2.75, 3.05) is 0 Å². The summed E-state index contributed by atoms with van der Waals surface area (Å²) in [5.74, 6) is -2.13. The van der Waals surface area contributed by atoms with Crippen molar-refractivity contribution in [2.45, 2.75) is 69.8 Å². The smallest absolute Gasteiger partial charge is 0.331 e. The first-order valence-electron chi connectivity index (χ1n) is 12.7. The average Bonchev–Trinajstić information content (AvgIpc) is 3.09. The zero-order valence-electron chi connectivity index (χ0n) is 20.6. The third-order valence-electron chi connectivity index (χ3n) is 8.04. The Bertz CT molecular complexity index is 1000. The van der Waals surface area contributed by atoms with Crippen LogP contribution in [0.15, 0.2) is 66.8 Å². The second-order valence-electron chi connectivity index (χ2n) is 10.5. The molecule has 1 aromatic carbocycles. The van der Waals surface area contributed by atoms with E-state index in [1.54, 1.807) is 0 Å². The molecular weight excluding hydrogens is 442 g/mol. The molecule has 2 fully saturated rings. The van der Waals surface area contributed by atoms with Gasteiger partial charge >= 0.3 is 5.97 Å². The number of nitrogens with one attached hydrogen (secondary N) is 1. The number of ether oxygens (including phenoxy) is 1. The molecule has 188 valence electrons. The van der Waals surface area contributed by atoms with Crippen molar-refractivity contribution < 1.29 is 24.5 Å². The summed E-state index contributed by atoms with van der Waals surface area (Å²) in [4.78, 5) is 26.8. The van der Waals surface area contributed by atoms with Gasteiger partial charge in [0.25, 0.3) is 5.91 Å². The van der Waals surface area contributed by atoms with Crippen LogP contribution in [0.2, 0.25) is 0 Å². The number of carbonyl (C=O) groups is 2. The van der Waals surface area contributed by atoms with Crippen LogP contribution >= 0.6 is 0 Å². The van der Waals surface area contributed by atoms with E-state index in [9.17, 15) is 19.8 Å². The van der Waals surface area contributed by atoms with Crippen LogP contribution in [0.1, 0.15) is 45.1 Å². The van der Waals surface area contributed by atoms with E-state index in [4.69, 9.17) is 4.74 Å². The van der Waals surface area contributed by atoms with Crippen molar-refractivity contribution in [2.24, 2.45) is 23.7 Å². The lowest BCUT2D eigenvalue weighted by Crippen LogP contribution is -2.61. The molecule has 3 N–H and O–H groups in total. The number of allylic oxidation sites excluding steroid dienone is 1. The fourth-order valence-electron chi connectivity index (χ4n) is 6.09. The summed E-state index contributed by atoms with van der Waals surface area (Å²) in [6, 6.07) is 9.59. The quantitative estimate of drug-likeness (QED) is 0.446. The minimum absolute atomic E-state index is 0.262. The third kappa shape index (κ3) is 5.00. The van der Waals surface area contributed by atoms with Crippen LogP contribution in [0, 0.1) is 23.7 Å². The summed E-state index contributed by atoms with van der Waals surface area (Å²) in [5, 5.41) is 24.7. The number of aliphatic hydroxyl groups is 2. The van der Waals surface area contributed by atoms with Crippen LogP contribution in [-0.2, 0) is 20.7 Å². The van der Waals surface area contributed by atoms with Crippen molar-refractivity contribution in [1.29, 1.82) is 0 Å². The second-order valence-corrected chi connectivity index (χ2v) is 10.5. The Morgan fingerprint density at radius 1 is 1.11 bits per heavy atom. The van der Waals surface area contributed by atoms with Crippen molar-refractivity contribution in [3.8, 4) is 0 Å². The maximum Gasteiger partial charge on any atom is 0.331 e. The fraction of sp³-hybridized carbons (Fsp3) is 0.517. The van der Waals surface area contributed by atoms with E-state index >= 15 is 0 Å². The van der Waals surface area contributed by atoms with Gasteiger partial charge in [0.05, 0.1) is 18.1 Å². The maximum atomic E-state index is 13.7. The lowest BCUT2D eigenvalue weighted by atomic mass is 9.59. The number of rotatable bonds is 2. The summed E-state index contributed by atoms with van der Waals surface area (Å²) in [5.41, 5.74) is 0.136. The van der Waals surface area contributed by atoms with Gasteiger partial charge in [0, 0.05) is 18.0 Å². The summed E-state index contributed by atoms with van der Waals surface area (Å²) in [6.45, 7) is 8.27. The largest absolute Gasteiger partial charge is 0.445 e. The SMILES string of the molecule is C=C1[C@@H](C)[C@H]2[C@@H](Cc3ccccc3)NC(=O)[C@]23OC(=O)C=C[C@@H](O)CCC[C@H](C)CC=C[C@@H]3[C@H]1O. The Kier molecular flexibility index (Phi) is 7.62. The predicted molar refractivity (Wildman–Crippen MR) is 134 cm³/mol. The minimum Gasteiger partial charge on any atom is -0.445 e. The first kappa shape index (κ1) is 25.4. The van der Waals surface area contributed by atoms with Crippen LogP contribution in [0.3, 0.4) is 0 Å². The first-order valence-corrected chi connectivity index (χ1v) is 12.7. The highest BCUT2D eigenvalue weighted by Crippen LogP contribution is 2.52. The molecule has 4 rings (SSSR count). The van der Waals surface area contributed by atoms with Crippen LogP contribution < -0.4 is 5.32 Å². The molecule has 6 heteroatoms.